The SMILES string of the molecule is CC(C)OCc1nc(C(N)C(C)C)no1. The van der Waals surface area contributed by atoms with E-state index in [2.05, 4.69) is 10.1 Å². The molecule has 5 heteroatoms. The van der Waals surface area contributed by atoms with Gasteiger partial charge in [-0.1, -0.05) is 19.0 Å². The van der Waals surface area contributed by atoms with Crippen LogP contribution in [0.25, 0.3) is 0 Å². The Morgan fingerprint density at radius 3 is 2.53 bits per heavy atom. The quantitative estimate of drug-likeness (QED) is 0.805. The molecule has 0 fully saturated rings. The molecule has 1 rings (SSSR count). The Bertz CT molecular complexity index is 297. The average Bonchev–Trinajstić information content (AvgIpc) is 2.61. The van der Waals surface area contributed by atoms with Crippen LogP contribution in [-0.2, 0) is 11.3 Å². The monoisotopic (exact) mass is 213 g/mol. The summed E-state index contributed by atoms with van der Waals surface area (Å²) in [4.78, 5) is 4.18. The molecule has 15 heavy (non-hydrogen) atoms. The van der Waals surface area contributed by atoms with E-state index in [0.29, 0.717) is 24.2 Å². The fourth-order valence-corrected chi connectivity index (χ4v) is 0.998. The molecule has 0 saturated carbocycles. The Morgan fingerprint density at radius 1 is 1.33 bits per heavy atom. The number of nitrogens with zero attached hydrogens (tertiary/aromatic N) is 2. The van der Waals surface area contributed by atoms with E-state index in [1.165, 1.54) is 0 Å². The first-order chi connectivity index (χ1) is 7.00. The molecule has 0 saturated heterocycles. The first kappa shape index (κ1) is 12.1. The van der Waals surface area contributed by atoms with Gasteiger partial charge in [0.2, 0.25) is 0 Å². The van der Waals surface area contributed by atoms with Gasteiger partial charge in [-0.2, -0.15) is 4.98 Å². The Labute approximate surface area is 90.0 Å². The number of hydrogen-bond acceptors (Lipinski definition) is 5. The fourth-order valence-electron chi connectivity index (χ4n) is 0.998. The van der Waals surface area contributed by atoms with E-state index in [4.69, 9.17) is 15.0 Å². The third-order valence-electron chi connectivity index (χ3n) is 2.04. The van der Waals surface area contributed by atoms with Crippen molar-refractivity contribution in [3.05, 3.63) is 11.7 Å². The highest BCUT2D eigenvalue weighted by atomic mass is 16.5. The van der Waals surface area contributed by atoms with Crippen LogP contribution in [0.4, 0.5) is 0 Å². The van der Waals surface area contributed by atoms with Gasteiger partial charge in [0.05, 0.1) is 12.1 Å². The average molecular weight is 213 g/mol. The maximum atomic E-state index is 5.88. The minimum Gasteiger partial charge on any atom is -0.369 e. The third kappa shape index (κ3) is 3.60. The molecule has 5 nitrogen and oxygen atoms in total. The predicted octanol–water partition coefficient (Wildman–Crippen LogP) is 1.65. The van der Waals surface area contributed by atoms with Crippen molar-refractivity contribution in [1.82, 2.24) is 10.1 Å². The van der Waals surface area contributed by atoms with Crippen molar-refractivity contribution in [3.8, 4) is 0 Å². The molecule has 2 N–H and O–H groups in total. The van der Waals surface area contributed by atoms with Crippen LogP contribution < -0.4 is 5.73 Å². The highest BCUT2D eigenvalue weighted by molar-refractivity contribution is 4.93. The summed E-state index contributed by atoms with van der Waals surface area (Å²) >= 11 is 0. The minimum absolute atomic E-state index is 0.152. The van der Waals surface area contributed by atoms with Crippen molar-refractivity contribution in [3.63, 3.8) is 0 Å². The number of aromatic nitrogens is 2. The van der Waals surface area contributed by atoms with Crippen molar-refractivity contribution in [1.29, 1.82) is 0 Å². The van der Waals surface area contributed by atoms with Gasteiger partial charge in [-0.3, -0.25) is 0 Å². The molecular weight excluding hydrogens is 194 g/mol. The lowest BCUT2D eigenvalue weighted by atomic mass is 10.1. The third-order valence-corrected chi connectivity index (χ3v) is 2.04. The summed E-state index contributed by atoms with van der Waals surface area (Å²) < 4.78 is 10.4. The van der Waals surface area contributed by atoms with Crippen molar-refractivity contribution in [2.24, 2.45) is 11.7 Å². The van der Waals surface area contributed by atoms with Crippen LogP contribution in [0.3, 0.4) is 0 Å². The van der Waals surface area contributed by atoms with Gasteiger partial charge in [-0.25, -0.2) is 0 Å². The van der Waals surface area contributed by atoms with E-state index in [9.17, 15) is 0 Å². The van der Waals surface area contributed by atoms with E-state index in [0.717, 1.165) is 0 Å². The zero-order valence-electron chi connectivity index (χ0n) is 9.73. The molecule has 0 aromatic carbocycles. The lowest BCUT2D eigenvalue weighted by molar-refractivity contribution is 0.0485. The molecule has 86 valence electrons. The molecule has 1 heterocycles. The lowest BCUT2D eigenvalue weighted by Gasteiger charge is -2.09. The predicted molar refractivity (Wildman–Crippen MR) is 56.0 cm³/mol. The number of hydrogen-bond donors (Lipinski definition) is 1. The van der Waals surface area contributed by atoms with Crippen molar-refractivity contribution < 1.29 is 9.26 Å². The molecule has 0 aliphatic heterocycles. The van der Waals surface area contributed by atoms with Crippen LogP contribution in [0.2, 0.25) is 0 Å². The van der Waals surface area contributed by atoms with Crippen LogP contribution in [0.15, 0.2) is 4.52 Å². The van der Waals surface area contributed by atoms with Crippen molar-refractivity contribution in [2.75, 3.05) is 0 Å². The lowest BCUT2D eigenvalue weighted by Crippen LogP contribution is -2.18. The second-order valence-electron chi connectivity index (χ2n) is 4.18. The molecule has 0 aliphatic carbocycles. The van der Waals surface area contributed by atoms with Gasteiger partial charge >= 0.3 is 0 Å². The molecule has 1 aromatic rings. The van der Waals surface area contributed by atoms with Gasteiger partial charge in [0, 0.05) is 0 Å². The molecule has 1 unspecified atom stereocenters. The minimum atomic E-state index is -0.179. The maximum Gasteiger partial charge on any atom is 0.252 e. The highest BCUT2D eigenvalue weighted by Crippen LogP contribution is 2.15. The summed E-state index contributed by atoms with van der Waals surface area (Å²) in [7, 11) is 0. The summed E-state index contributed by atoms with van der Waals surface area (Å²) in [5.74, 6) is 1.32. The van der Waals surface area contributed by atoms with Gasteiger partial charge in [-0.05, 0) is 19.8 Å². The number of rotatable bonds is 5. The zero-order valence-corrected chi connectivity index (χ0v) is 9.73. The first-order valence-corrected chi connectivity index (χ1v) is 5.20. The van der Waals surface area contributed by atoms with Crippen LogP contribution >= 0.6 is 0 Å². The normalized spacial score (nSPS) is 13.8. The van der Waals surface area contributed by atoms with Crippen LogP contribution in [-0.4, -0.2) is 16.2 Å². The summed E-state index contributed by atoms with van der Waals surface area (Å²) in [5.41, 5.74) is 5.88. The Morgan fingerprint density at radius 2 is 2.00 bits per heavy atom. The molecule has 1 aromatic heterocycles. The van der Waals surface area contributed by atoms with E-state index >= 15 is 0 Å². The smallest absolute Gasteiger partial charge is 0.252 e. The van der Waals surface area contributed by atoms with E-state index in [1.54, 1.807) is 0 Å². The van der Waals surface area contributed by atoms with Crippen LogP contribution in [0, 0.1) is 5.92 Å². The Hall–Kier alpha value is -0.940. The van der Waals surface area contributed by atoms with Gasteiger partial charge < -0.3 is 15.0 Å². The summed E-state index contributed by atoms with van der Waals surface area (Å²) in [6, 6.07) is -0.179. The van der Waals surface area contributed by atoms with Crippen LogP contribution in [0.1, 0.15) is 45.5 Å². The molecule has 0 amide bonds. The van der Waals surface area contributed by atoms with Crippen molar-refractivity contribution in [2.45, 2.75) is 46.4 Å². The first-order valence-electron chi connectivity index (χ1n) is 5.20. The number of ether oxygens (including phenoxy) is 1. The Kier molecular flexibility index (Phi) is 4.23. The van der Waals surface area contributed by atoms with Crippen molar-refractivity contribution >= 4 is 0 Å². The molecule has 0 aliphatic rings. The second kappa shape index (κ2) is 5.23. The van der Waals surface area contributed by atoms with Gasteiger partial charge in [0.1, 0.15) is 6.61 Å². The second-order valence-corrected chi connectivity index (χ2v) is 4.18. The summed E-state index contributed by atoms with van der Waals surface area (Å²) in [6.45, 7) is 8.29. The molecule has 0 bridgehead atoms. The van der Waals surface area contributed by atoms with E-state index in [1.807, 2.05) is 27.7 Å². The summed E-state index contributed by atoms with van der Waals surface area (Å²) in [5, 5.41) is 3.82. The van der Waals surface area contributed by atoms with E-state index in [-0.39, 0.29) is 12.1 Å². The van der Waals surface area contributed by atoms with Gasteiger partial charge in [0.25, 0.3) is 5.89 Å². The fraction of sp³-hybridized carbons (Fsp3) is 0.800. The van der Waals surface area contributed by atoms with Gasteiger partial charge in [-0.15, -0.1) is 0 Å². The van der Waals surface area contributed by atoms with Gasteiger partial charge in [0.15, 0.2) is 5.82 Å². The Balaban J connectivity index is 2.56. The van der Waals surface area contributed by atoms with E-state index < -0.39 is 0 Å². The maximum absolute atomic E-state index is 5.88. The topological polar surface area (TPSA) is 74.2 Å². The standard InChI is InChI=1S/C10H19N3O2/c1-6(2)9(11)10-12-8(15-13-10)5-14-7(3)4/h6-7,9H,5,11H2,1-4H3. The molecule has 0 radical (unpaired) electrons. The van der Waals surface area contributed by atoms with Crippen LogP contribution in [0.5, 0.6) is 0 Å². The highest BCUT2D eigenvalue weighted by Gasteiger charge is 2.17. The molecule has 1 atom stereocenters. The number of nitrogens with two attached hydrogens (primary N) is 1. The zero-order chi connectivity index (χ0) is 11.4. The summed E-state index contributed by atoms with van der Waals surface area (Å²) in [6.07, 6.45) is 0.152. The largest absolute Gasteiger partial charge is 0.369 e. The molecule has 0 spiro atoms. The molecular formula is C10H19N3O2.